The summed E-state index contributed by atoms with van der Waals surface area (Å²) in [6.07, 6.45) is 7.16. The SMILES string of the molecule is CCOC(=O)c1ccc(NC(=O)CN2CCC(N3N=C(c4ccc(OC)c(OC)c4)[C@H]4CC=CC[C@H]4C3=O)CC2)cc1. The highest BCUT2D eigenvalue weighted by Gasteiger charge is 2.43. The summed E-state index contributed by atoms with van der Waals surface area (Å²) in [5.74, 6) is 0.720. The van der Waals surface area contributed by atoms with Gasteiger partial charge in [0, 0.05) is 30.3 Å². The maximum Gasteiger partial charge on any atom is 0.338 e. The van der Waals surface area contributed by atoms with Crippen molar-refractivity contribution in [1.29, 1.82) is 0 Å². The molecule has 42 heavy (non-hydrogen) atoms. The fraction of sp³-hybridized carbons (Fsp3) is 0.438. The van der Waals surface area contributed by atoms with E-state index in [2.05, 4.69) is 22.4 Å². The Bertz CT molecular complexity index is 1360. The van der Waals surface area contributed by atoms with Crippen LogP contribution >= 0.6 is 0 Å². The first-order valence-electron chi connectivity index (χ1n) is 14.5. The molecule has 10 nitrogen and oxygen atoms in total. The number of piperidine rings is 1. The summed E-state index contributed by atoms with van der Waals surface area (Å²) in [6, 6.07) is 12.4. The molecule has 10 heteroatoms. The third kappa shape index (κ3) is 6.33. The van der Waals surface area contributed by atoms with Gasteiger partial charge in [0.05, 0.1) is 50.6 Å². The number of nitrogens with zero attached hydrogens (tertiary/aromatic N) is 3. The molecule has 0 unspecified atom stereocenters. The summed E-state index contributed by atoms with van der Waals surface area (Å²) in [6.45, 7) is 3.67. The smallest absolute Gasteiger partial charge is 0.338 e. The number of allylic oxidation sites excluding steroid dienone is 2. The molecule has 2 aromatic rings. The number of fused-ring (bicyclic) bond motifs is 1. The van der Waals surface area contributed by atoms with E-state index >= 15 is 0 Å². The average Bonchev–Trinajstić information content (AvgIpc) is 3.02. The maximum absolute atomic E-state index is 13.7. The molecule has 2 aromatic carbocycles. The average molecular weight is 575 g/mol. The lowest BCUT2D eigenvalue weighted by atomic mass is 9.76. The number of anilines is 1. The molecule has 1 N–H and O–H groups in total. The van der Waals surface area contributed by atoms with E-state index in [-0.39, 0.29) is 42.2 Å². The number of nitrogens with one attached hydrogen (secondary N) is 1. The zero-order valence-corrected chi connectivity index (χ0v) is 24.4. The van der Waals surface area contributed by atoms with E-state index in [0.29, 0.717) is 48.9 Å². The van der Waals surface area contributed by atoms with E-state index in [0.717, 1.165) is 30.5 Å². The van der Waals surface area contributed by atoms with Crippen molar-refractivity contribution >= 4 is 29.2 Å². The number of hydrazone groups is 1. The summed E-state index contributed by atoms with van der Waals surface area (Å²) in [5.41, 5.74) is 2.90. The molecular weight excluding hydrogens is 536 g/mol. The minimum Gasteiger partial charge on any atom is -0.493 e. The second kappa shape index (κ2) is 13.2. The number of hydrogen-bond acceptors (Lipinski definition) is 8. The summed E-state index contributed by atoms with van der Waals surface area (Å²) in [5, 5.41) is 9.60. The van der Waals surface area contributed by atoms with E-state index in [1.165, 1.54) is 0 Å². The van der Waals surface area contributed by atoms with Crippen LogP contribution in [0.4, 0.5) is 5.69 Å². The quantitative estimate of drug-likeness (QED) is 0.355. The van der Waals surface area contributed by atoms with Crippen molar-refractivity contribution in [1.82, 2.24) is 9.91 Å². The molecule has 0 aromatic heterocycles. The molecular formula is C32H38N4O6. The van der Waals surface area contributed by atoms with Crippen LogP contribution in [0.15, 0.2) is 59.7 Å². The summed E-state index contributed by atoms with van der Waals surface area (Å²) >= 11 is 0. The molecule has 1 aliphatic carbocycles. The minimum absolute atomic E-state index is 0.0204. The Labute approximate surface area is 246 Å². The van der Waals surface area contributed by atoms with Crippen LogP contribution in [0.1, 0.15) is 48.5 Å². The van der Waals surface area contributed by atoms with Gasteiger partial charge in [-0.05, 0) is 75.1 Å². The van der Waals surface area contributed by atoms with Crippen LogP contribution in [0.25, 0.3) is 0 Å². The lowest BCUT2D eigenvalue weighted by molar-refractivity contribution is -0.141. The minimum atomic E-state index is -0.388. The van der Waals surface area contributed by atoms with Crippen molar-refractivity contribution in [2.75, 3.05) is 45.8 Å². The second-order valence-corrected chi connectivity index (χ2v) is 10.7. The summed E-state index contributed by atoms with van der Waals surface area (Å²) < 4.78 is 16.0. The van der Waals surface area contributed by atoms with Gasteiger partial charge in [-0.3, -0.25) is 14.5 Å². The van der Waals surface area contributed by atoms with Gasteiger partial charge in [-0.15, -0.1) is 0 Å². The van der Waals surface area contributed by atoms with Gasteiger partial charge in [0.2, 0.25) is 11.8 Å². The molecule has 5 rings (SSSR count). The molecule has 2 heterocycles. The van der Waals surface area contributed by atoms with Gasteiger partial charge in [0.1, 0.15) is 0 Å². The number of carbonyl (C=O) groups is 3. The first-order valence-corrected chi connectivity index (χ1v) is 14.5. The van der Waals surface area contributed by atoms with E-state index < -0.39 is 0 Å². The monoisotopic (exact) mass is 574 g/mol. The Morgan fingerprint density at radius 3 is 2.31 bits per heavy atom. The third-order valence-corrected chi connectivity index (χ3v) is 8.17. The van der Waals surface area contributed by atoms with Crippen LogP contribution in [-0.2, 0) is 14.3 Å². The first kappa shape index (κ1) is 29.3. The standard InChI is InChI=1S/C32H38N4O6/c1-4-42-32(39)21-9-12-23(13-10-21)33-29(37)20-35-17-15-24(16-18-35)36-31(38)26-8-6-5-7-25(26)30(34-36)22-11-14-27(40-2)28(19-22)41-3/h5-6,9-14,19,24-26H,4,7-8,15-18,20H2,1-3H3,(H,33,37)/t25-,26+/m0/s1. The summed E-state index contributed by atoms with van der Waals surface area (Å²) in [7, 11) is 3.22. The van der Waals surface area contributed by atoms with Crippen molar-refractivity contribution in [2.24, 2.45) is 16.9 Å². The molecule has 0 spiro atoms. The predicted octanol–water partition coefficient (Wildman–Crippen LogP) is 4.11. The molecule has 2 atom stereocenters. The zero-order chi connectivity index (χ0) is 29.6. The third-order valence-electron chi connectivity index (χ3n) is 8.17. The van der Waals surface area contributed by atoms with Gasteiger partial charge in [0.15, 0.2) is 11.5 Å². The molecule has 222 valence electrons. The van der Waals surface area contributed by atoms with Crippen molar-refractivity contribution in [3.63, 3.8) is 0 Å². The number of carbonyl (C=O) groups excluding carboxylic acids is 3. The number of benzene rings is 2. The van der Waals surface area contributed by atoms with Crippen LogP contribution in [0.2, 0.25) is 0 Å². The van der Waals surface area contributed by atoms with Gasteiger partial charge in [-0.2, -0.15) is 5.10 Å². The van der Waals surface area contributed by atoms with E-state index in [9.17, 15) is 14.4 Å². The van der Waals surface area contributed by atoms with E-state index in [4.69, 9.17) is 19.3 Å². The van der Waals surface area contributed by atoms with E-state index in [1.807, 2.05) is 18.2 Å². The first-order chi connectivity index (χ1) is 20.4. The number of ether oxygens (including phenoxy) is 3. The fourth-order valence-corrected chi connectivity index (χ4v) is 5.96. The number of esters is 1. The van der Waals surface area contributed by atoms with Gasteiger partial charge >= 0.3 is 5.97 Å². The Kier molecular flexibility index (Phi) is 9.22. The summed E-state index contributed by atoms with van der Waals surface area (Å²) in [4.78, 5) is 40.3. The largest absolute Gasteiger partial charge is 0.493 e. The Morgan fingerprint density at radius 1 is 0.952 bits per heavy atom. The molecule has 1 saturated heterocycles. The Balaban J connectivity index is 1.23. The van der Waals surface area contributed by atoms with Crippen molar-refractivity contribution < 1.29 is 28.6 Å². The molecule has 0 radical (unpaired) electrons. The molecule has 2 aliphatic heterocycles. The predicted molar refractivity (Wildman–Crippen MR) is 159 cm³/mol. The van der Waals surface area contributed by atoms with Crippen molar-refractivity contribution in [2.45, 2.75) is 38.6 Å². The van der Waals surface area contributed by atoms with Crippen molar-refractivity contribution in [3.8, 4) is 11.5 Å². The zero-order valence-electron chi connectivity index (χ0n) is 24.4. The lowest BCUT2D eigenvalue weighted by Crippen LogP contribution is -2.52. The van der Waals surface area contributed by atoms with Crippen molar-refractivity contribution in [3.05, 3.63) is 65.7 Å². The molecule has 0 bridgehead atoms. The highest BCUT2D eigenvalue weighted by Crippen LogP contribution is 2.38. The van der Waals surface area contributed by atoms with Crippen LogP contribution in [0.5, 0.6) is 11.5 Å². The van der Waals surface area contributed by atoms with Crippen LogP contribution in [-0.4, -0.2) is 79.9 Å². The molecule has 2 amide bonds. The van der Waals surface area contributed by atoms with Gasteiger partial charge in [-0.1, -0.05) is 12.2 Å². The van der Waals surface area contributed by atoms with Gasteiger partial charge < -0.3 is 19.5 Å². The van der Waals surface area contributed by atoms with Gasteiger partial charge in [-0.25, -0.2) is 9.80 Å². The number of rotatable bonds is 9. The molecule has 1 fully saturated rings. The van der Waals surface area contributed by atoms with Crippen LogP contribution in [0, 0.1) is 11.8 Å². The highest BCUT2D eigenvalue weighted by atomic mass is 16.5. The normalized spacial score (nSPS) is 20.9. The second-order valence-electron chi connectivity index (χ2n) is 10.7. The number of likely N-dealkylation sites (tertiary alicyclic amines) is 1. The molecule has 3 aliphatic rings. The van der Waals surface area contributed by atoms with Crippen LogP contribution in [0.3, 0.4) is 0 Å². The van der Waals surface area contributed by atoms with Crippen LogP contribution < -0.4 is 14.8 Å². The molecule has 0 saturated carbocycles. The number of hydrogen-bond donors (Lipinski definition) is 1. The topological polar surface area (TPSA) is 110 Å². The number of amides is 2. The fourth-order valence-electron chi connectivity index (χ4n) is 5.96. The van der Waals surface area contributed by atoms with Gasteiger partial charge in [0.25, 0.3) is 0 Å². The number of methoxy groups -OCH3 is 2. The highest BCUT2D eigenvalue weighted by molar-refractivity contribution is 6.07. The Morgan fingerprint density at radius 2 is 1.64 bits per heavy atom. The maximum atomic E-state index is 13.7. The lowest BCUT2D eigenvalue weighted by Gasteiger charge is -2.42. The van der Waals surface area contributed by atoms with E-state index in [1.54, 1.807) is 50.4 Å². The Hall–Kier alpha value is -4.18.